The third-order valence-corrected chi connectivity index (χ3v) is 2.37. The molecule has 2 rings (SSSR count). The fourth-order valence-electron chi connectivity index (χ4n) is 1.43. The molecule has 7 nitrogen and oxygen atoms in total. The summed E-state index contributed by atoms with van der Waals surface area (Å²) in [5.74, 6) is 0.348. The summed E-state index contributed by atoms with van der Waals surface area (Å²) in [5.41, 5.74) is 0.556. The first-order chi connectivity index (χ1) is 9.74. The first kappa shape index (κ1) is 13.6. The summed E-state index contributed by atoms with van der Waals surface area (Å²) in [6, 6.07) is 6.42. The van der Waals surface area contributed by atoms with Crippen molar-refractivity contribution in [1.29, 1.82) is 0 Å². The van der Waals surface area contributed by atoms with Gasteiger partial charge >= 0.3 is 6.03 Å². The maximum atomic E-state index is 11.5. The Morgan fingerprint density at radius 1 is 1.20 bits per heavy atom. The number of hydrogen-bond acceptors (Lipinski definition) is 4. The Bertz CT molecular complexity index is 554. The Hall–Kier alpha value is -2.83. The van der Waals surface area contributed by atoms with Crippen LogP contribution in [-0.2, 0) is 11.3 Å². The number of nitrogens with zero attached hydrogens (tertiary/aromatic N) is 1. The van der Waals surface area contributed by atoms with Crippen molar-refractivity contribution < 1.29 is 14.0 Å². The van der Waals surface area contributed by atoms with E-state index in [1.54, 1.807) is 30.5 Å². The molecule has 7 heteroatoms. The Morgan fingerprint density at radius 3 is 2.80 bits per heavy atom. The normalized spacial score (nSPS) is 9.80. The molecule has 104 valence electrons. The molecule has 3 N–H and O–H groups in total. The van der Waals surface area contributed by atoms with Gasteiger partial charge in [-0.05, 0) is 24.3 Å². The van der Waals surface area contributed by atoms with Crippen molar-refractivity contribution in [2.75, 3.05) is 11.9 Å². The van der Waals surface area contributed by atoms with Gasteiger partial charge in [-0.3, -0.25) is 9.78 Å². The number of rotatable bonds is 5. The molecule has 0 saturated carbocycles. The van der Waals surface area contributed by atoms with E-state index in [-0.39, 0.29) is 19.0 Å². The molecule has 0 spiro atoms. The number of carbonyl (C=O) groups excluding carboxylic acids is 2. The topological polar surface area (TPSA) is 96.3 Å². The Morgan fingerprint density at radius 2 is 2.10 bits per heavy atom. The third-order valence-electron chi connectivity index (χ3n) is 2.37. The summed E-state index contributed by atoms with van der Waals surface area (Å²) in [7, 11) is 0. The van der Waals surface area contributed by atoms with Crippen LogP contribution in [0.15, 0.2) is 47.3 Å². The van der Waals surface area contributed by atoms with Crippen molar-refractivity contribution in [3.8, 4) is 0 Å². The predicted octanol–water partition coefficient (Wildman–Crippen LogP) is 1.11. The first-order valence-electron chi connectivity index (χ1n) is 5.98. The van der Waals surface area contributed by atoms with Gasteiger partial charge in [-0.15, -0.1) is 0 Å². The zero-order valence-electron chi connectivity index (χ0n) is 10.6. The van der Waals surface area contributed by atoms with E-state index in [0.29, 0.717) is 11.4 Å². The monoisotopic (exact) mass is 274 g/mol. The molecule has 0 bridgehead atoms. The highest BCUT2D eigenvalue weighted by Crippen LogP contribution is 2.01. The average molecular weight is 274 g/mol. The number of aromatic nitrogens is 1. The van der Waals surface area contributed by atoms with Gasteiger partial charge in [0.2, 0.25) is 5.91 Å². The van der Waals surface area contributed by atoms with Crippen LogP contribution in [0.5, 0.6) is 0 Å². The van der Waals surface area contributed by atoms with Gasteiger partial charge in [0.15, 0.2) is 0 Å². The molecule has 0 aliphatic rings. The maximum absolute atomic E-state index is 11.5. The van der Waals surface area contributed by atoms with Crippen LogP contribution in [0, 0.1) is 0 Å². The average Bonchev–Trinajstić information content (AvgIpc) is 2.97. The molecular weight excluding hydrogens is 260 g/mol. The second-order valence-electron chi connectivity index (χ2n) is 3.91. The molecule has 2 aromatic rings. The Balaban J connectivity index is 1.66. The van der Waals surface area contributed by atoms with Crippen LogP contribution in [0.2, 0.25) is 0 Å². The minimum absolute atomic E-state index is 0.118. The van der Waals surface area contributed by atoms with Gasteiger partial charge in [-0.25, -0.2) is 4.79 Å². The molecule has 0 unspecified atom stereocenters. The maximum Gasteiger partial charge on any atom is 0.319 e. The highest BCUT2D eigenvalue weighted by Gasteiger charge is 2.06. The van der Waals surface area contributed by atoms with E-state index < -0.39 is 6.03 Å². The van der Waals surface area contributed by atoms with E-state index in [1.165, 1.54) is 12.5 Å². The largest absolute Gasteiger partial charge is 0.467 e. The molecule has 20 heavy (non-hydrogen) atoms. The minimum atomic E-state index is -0.467. The van der Waals surface area contributed by atoms with E-state index >= 15 is 0 Å². The summed E-state index contributed by atoms with van der Waals surface area (Å²) in [6.45, 7) is 0.171. The van der Waals surface area contributed by atoms with Gasteiger partial charge in [0.1, 0.15) is 5.76 Å². The van der Waals surface area contributed by atoms with Crippen LogP contribution in [-0.4, -0.2) is 23.5 Å². The van der Waals surface area contributed by atoms with E-state index in [4.69, 9.17) is 4.42 Å². The zero-order chi connectivity index (χ0) is 14.2. The summed E-state index contributed by atoms with van der Waals surface area (Å²) in [4.78, 5) is 26.8. The van der Waals surface area contributed by atoms with Gasteiger partial charge < -0.3 is 20.4 Å². The number of urea groups is 1. The van der Waals surface area contributed by atoms with Crippen molar-refractivity contribution in [3.05, 3.63) is 48.7 Å². The fraction of sp³-hybridized carbons (Fsp3) is 0.154. The summed E-state index contributed by atoms with van der Waals surface area (Å²) in [6.07, 6.45) is 4.64. The lowest BCUT2D eigenvalue weighted by Crippen LogP contribution is -2.38. The number of amides is 3. The van der Waals surface area contributed by atoms with Crippen LogP contribution in [0.3, 0.4) is 0 Å². The van der Waals surface area contributed by atoms with Crippen LogP contribution in [0.1, 0.15) is 5.76 Å². The Kier molecular flexibility index (Phi) is 4.71. The molecule has 0 saturated heterocycles. The smallest absolute Gasteiger partial charge is 0.319 e. The molecule has 3 amide bonds. The molecule has 0 aromatic carbocycles. The molecular formula is C13H14N4O3. The van der Waals surface area contributed by atoms with Crippen LogP contribution in [0.25, 0.3) is 0 Å². The lowest BCUT2D eigenvalue weighted by atomic mass is 10.4. The van der Waals surface area contributed by atoms with E-state index in [9.17, 15) is 9.59 Å². The predicted molar refractivity (Wildman–Crippen MR) is 71.8 cm³/mol. The highest BCUT2D eigenvalue weighted by atomic mass is 16.3. The summed E-state index contributed by atoms with van der Waals surface area (Å²) < 4.78 is 5.07. The zero-order valence-corrected chi connectivity index (χ0v) is 10.6. The highest BCUT2D eigenvalue weighted by molar-refractivity contribution is 5.92. The number of pyridine rings is 1. The van der Waals surface area contributed by atoms with Crippen molar-refractivity contribution in [2.45, 2.75) is 6.54 Å². The summed E-state index contributed by atoms with van der Waals surface area (Å²) in [5, 5.41) is 7.61. The van der Waals surface area contributed by atoms with Crippen molar-refractivity contribution in [2.24, 2.45) is 0 Å². The second kappa shape index (κ2) is 6.93. The van der Waals surface area contributed by atoms with Gasteiger partial charge in [-0.1, -0.05) is 0 Å². The van der Waals surface area contributed by atoms with Crippen molar-refractivity contribution >= 4 is 17.6 Å². The molecule has 0 fully saturated rings. The van der Waals surface area contributed by atoms with E-state index in [0.717, 1.165) is 0 Å². The van der Waals surface area contributed by atoms with Gasteiger partial charge in [0.05, 0.1) is 31.2 Å². The SMILES string of the molecule is O=C(CNC(=O)Nc1cccnc1)NCc1ccco1. The Labute approximate surface area is 115 Å². The standard InChI is InChI=1S/C13H14N4O3/c18-12(15-8-11-4-2-6-20-11)9-16-13(19)17-10-3-1-5-14-7-10/h1-7H,8-9H2,(H,15,18)(H2,16,17,19). The third kappa shape index (κ3) is 4.45. The lowest BCUT2D eigenvalue weighted by Gasteiger charge is -2.07. The van der Waals surface area contributed by atoms with E-state index in [2.05, 4.69) is 20.9 Å². The molecule has 0 atom stereocenters. The second-order valence-corrected chi connectivity index (χ2v) is 3.91. The molecule has 2 heterocycles. The summed E-state index contributed by atoms with van der Waals surface area (Å²) >= 11 is 0. The quantitative estimate of drug-likeness (QED) is 0.761. The number of nitrogens with one attached hydrogen (secondary N) is 3. The first-order valence-corrected chi connectivity index (χ1v) is 5.98. The number of hydrogen-bond donors (Lipinski definition) is 3. The minimum Gasteiger partial charge on any atom is -0.467 e. The van der Waals surface area contributed by atoms with Gasteiger partial charge in [0, 0.05) is 6.20 Å². The lowest BCUT2D eigenvalue weighted by molar-refractivity contribution is -0.120. The van der Waals surface area contributed by atoms with Crippen LogP contribution >= 0.6 is 0 Å². The number of carbonyl (C=O) groups is 2. The molecule has 0 aliphatic carbocycles. The van der Waals surface area contributed by atoms with Crippen molar-refractivity contribution in [1.82, 2.24) is 15.6 Å². The van der Waals surface area contributed by atoms with Crippen molar-refractivity contribution in [3.63, 3.8) is 0 Å². The van der Waals surface area contributed by atoms with Crippen LogP contribution < -0.4 is 16.0 Å². The molecule has 2 aromatic heterocycles. The van der Waals surface area contributed by atoms with Crippen LogP contribution in [0.4, 0.5) is 10.5 Å². The fourth-order valence-corrected chi connectivity index (χ4v) is 1.43. The molecule has 0 radical (unpaired) electrons. The molecule has 0 aliphatic heterocycles. The number of anilines is 1. The number of furan rings is 1. The van der Waals surface area contributed by atoms with Gasteiger partial charge in [-0.2, -0.15) is 0 Å². The van der Waals surface area contributed by atoms with E-state index in [1.807, 2.05) is 0 Å². The van der Waals surface area contributed by atoms with Gasteiger partial charge in [0.25, 0.3) is 0 Å².